The summed E-state index contributed by atoms with van der Waals surface area (Å²) in [5, 5.41) is 0.729. The van der Waals surface area contributed by atoms with Crippen LogP contribution in [-0.2, 0) is 13.6 Å². The van der Waals surface area contributed by atoms with Gasteiger partial charge in [-0.3, -0.25) is 4.90 Å². The summed E-state index contributed by atoms with van der Waals surface area (Å²) in [5.74, 6) is 1.94. The molecule has 4 nitrogen and oxygen atoms in total. The van der Waals surface area contributed by atoms with Gasteiger partial charge >= 0.3 is 0 Å². The summed E-state index contributed by atoms with van der Waals surface area (Å²) in [6, 6.07) is 7.45. The van der Waals surface area contributed by atoms with Gasteiger partial charge in [-0.2, -0.15) is 0 Å². The summed E-state index contributed by atoms with van der Waals surface area (Å²) in [7, 11) is 4.11. The van der Waals surface area contributed by atoms with Gasteiger partial charge in [0.1, 0.15) is 11.6 Å². The van der Waals surface area contributed by atoms with Gasteiger partial charge in [0.05, 0.1) is 13.2 Å². The number of hydrogen-bond donors (Lipinski definition) is 0. The Morgan fingerprint density at radius 2 is 2.05 bits per heavy atom. The molecule has 0 fully saturated rings. The van der Waals surface area contributed by atoms with Crippen molar-refractivity contribution < 1.29 is 4.74 Å². The summed E-state index contributed by atoms with van der Waals surface area (Å²) in [6.45, 7) is 2.53. The van der Waals surface area contributed by atoms with Crippen LogP contribution in [0.3, 0.4) is 0 Å². The van der Waals surface area contributed by atoms with Crippen molar-refractivity contribution in [1.29, 1.82) is 0 Å². The average molecular weight is 294 g/mol. The maximum absolute atomic E-state index is 5.82. The number of benzene rings is 1. The zero-order chi connectivity index (χ0) is 14.4. The van der Waals surface area contributed by atoms with Crippen LogP contribution < -0.4 is 4.74 Å². The SMILES string of the molecule is CN(CCCOc1ccc(Cl)cc1)Cc1nccn1C. The largest absolute Gasteiger partial charge is 0.494 e. The minimum atomic E-state index is 0.701. The first-order valence-electron chi connectivity index (χ1n) is 6.68. The number of ether oxygens (including phenoxy) is 1. The predicted molar refractivity (Wildman–Crippen MR) is 81.1 cm³/mol. The van der Waals surface area contributed by atoms with Crippen molar-refractivity contribution in [3.8, 4) is 5.75 Å². The average Bonchev–Trinajstić information content (AvgIpc) is 2.82. The number of rotatable bonds is 7. The van der Waals surface area contributed by atoms with Crippen LogP contribution in [0.5, 0.6) is 5.75 Å². The Labute approximate surface area is 124 Å². The summed E-state index contributed by atoms with van der Waals surface area (Å²) in [4.78, 5) is 6.56. The molecule has 1 heterocycles. The maximum Gasteiger partial charge on any atom is 0.122 e. The van der Waals surface area contributed by atoms with Crippen LogP contribution in [0.2, 0.25) is 5.02 Å². The second kappa shape index (κ2) is 7.31. The van der Waals surface area contributed by atoms with E-state index in [0.29, 0.717) is 6.61 Å². The third kappa shape index (κ3) is 4.54. The summed E-state index contributed by atoms with van der Waals surface area (Å²) >= 11 is 5.82. The molecular weight excluding hydrogens is 274 g/mol. The van der Waals surface area contributed by atoms with Gasteiger partial charge in [-0.05, 0) is 37.7 Å². The summed E-state index contributed by atoms with van der Waals surface area (Å²) < 4.78 is 7.71. The number of hydrogen-bond acceptors (Lipinski definition) is 3. The smallest absolute Gasteiger partial charge is 0.122 e. The van der Waals surface area contributed by atoms with Crippen LogP contribution in [0.15, 0.2) is 36.7 Å². The Morgan fingerprint density at radius 3 is 2.70 bits per heavy atom. The van der Waals surface area contributed by atoms with Crippen molar-refractivity contribution in [2.75, 3.05) is 20.2 Å². The molecule has 5 heteroatoms. The van der Waals surface area contributed by atoms with E-state index in [1.165, 1.54) is 0 Å². The molecule has 0 amide bonds. The molecule has 0 aliphatic rings. The standard InChI is InChI=1S/C15H20ClN3O/c1-18(12-15-17-8-10-19(15)2)9-3-11-20-14-6-4-13(16)5-7-14/h4-8,10H,3,9,11-12H2,1-2H3. The second-order valence-electron chi connectivity index (χ2n) is 4.85. The number of imidazole rings is 1. The normalized spacial score (nSPS) is 11.0. The molecule has 20 heavy (non-hydrogen) atoms. The van der Waals surface area contributed by atoms with E-state index in [1.54, 1.807) is 0 Å². The van der Waals surface area contributed by atoms with Crippen LogP contribution in [0.4, 0.5) is 0 Å². The molecule has 0 saturated heterocycles. The fourth-order valence-corrected chi connectivity index (χ4v) is 2.05. The number of halogens is 1. The van der Waals surface area contributed by atoms with Crippen LogP contribution in [0.1, 0.15) is 12.2 Å². The minimum absolute atomic E-state index is 0.701. The van der Waals surface area contributed by atoms with Gasteiger partial charge in [-0.15, -0.1) is 0 Å². The molecular formula is C15H20ClN3O. The highest BCUT2D eigenvalue weighted by Crippen LogP contribution is 2.15. The number of nitrogens with zero attached hydrogens (tertiary/aromatic N) is 3. The molecule has 0 saturated carbocycles. The molecule has 108 valence electrons. The highest BCUT2D eigenvalue weighted by Gasteiger charge is 2.04. The fraction of sp³-hybridized carbons (Fsp3) is 0.400. The third-order valence-electron chi connectivity index (χ3n) is 3.10. The van der Waals surface area contributed by atoms with Gasteiger partial charge in [0.25, 0.3) is 0 Å². The van der Waals surface area contributed by atoms with Crippen LogP contribution in [-0.4, -0.2) is 34.7 Å². The lowest BCUT2D eigenvalue weighted by Crippen LogP contribution is -2.22. The minimum Gasteiger partial charge on any atom is -0.494 e. The van der Waals surface area contributed by atoms with Crippen molar-refractivity contribution in [2.45, 2.75) is 13.0 Å². The molecule has 0 unspecified atom stereocenters. The summed E-state index contributed by atoms with van der Waals surface area (Å²) in [6.07, 6.45) is 4.77. The number of aryl methyl sites for hydroxylation is 1. The van der Waals surface area contributed by atoms with E-state index in [9.17, 15) is 0 Å². The lowest BCUT2D eigenvalue weighted by atomic mass is 10.3. The molecule has 1 aromatic heterocycles. The molecule has 1 aromatic carbocycles. The van der Waals surface area contributed by atoms with E-state index in [-0.39, 0.29) is 0 Å². The van der Waals surface area contributed by atoms with E-state index >= 15 is 0 Å². The van der Waals surface area contributed by atoms with Crippen LogP contribution >= 0.6 is 11.6 Å². The molecule has 0 aliphatic carbocycles. The Hall–Kier alpha value is -1.52. The van der Waals surface area contributed by atoms with Crippen molar-refractivity contribution in [1.82, 2.24) is 14.5 Å². The Bertz CT molecular complexity index is 524. The van der Waals surface area contributed by atoms with Crippen molar-refractivity contribution >= 4 is 11.6 Å². The zero-order valence-electron chi connectivity index (χ0n) is 11.9. The Morgan fingerprint density at radius 1 is 1.30 bits per heavy atom. The van der Waals surface area contributed by atoms with Gasteiger partial charge < -0.3 is 9.30 Å². The summed E-state index contributed by atoms with van der Waals surface area (Å²) in [5.41, 5.74) is 0. The van der Waals surface area contributed by atoms with Crippen LogP contribution in [0.25, 0.3) is 0 Å². The van der Waals surface area contributed by atoms with E-state index in [0.717, 1.165) is 36.1 Å². The van der Waals surface area contributed by atoms with Gasteiger partial charge in [0.15, 0.2) is 0 Å². The number of aromatic nitrogens is 2. The van der Waals surface area contributed by atoms with Crippen LogP contribution in [0, 0.1) is 0 Å². The van der Waals surface area contributed by atoms with Crippen molar-refractivity contribution in [3.63, 3.8) is 0 Å². The fourth-order valence-electron chi connectivity index (χ4n) is 1.92. The van der Waals surface area contributed by atoms with Gasteiger partial charge in [0, 0.05) is 31.0 Å². The molecule has 2 rings (SSSR count). The molecule has 2 aromatic rings. The van der Waals surface area contributed by atoms with E-state index in [4.69, 9.17) is 16.3 Å². The second-order valence-corrected chi connectivity index (χ2v) is 5.28. The lowest BCUT2D eigenvalue weighted by molar-refractivity contribution is 0.254. The Kier molecular flexibility index (Phi) is 5.44. The monoisotopic (exact) mass is 293 g/mol. The first-order chi connectivity index (χ1) is 9.65. The zero-order valence-corrected chi connectivity index (χ0v) is 12.7. The molecule has 0 N–H and O–H groups in total. The van der Waals surface area contributed by atoms with E-state index in [2.05, 4.69) is 16.9 Å². The van der Waals surface area contributed by atoms with Crippen molar-refractivity contribution in [3.05, 3.63) is 47.5 Å². The van der Waals surface area contributed by atoms with E-state index < -0.39 is 0 Å². The first-order valence-corrected chi connectivity index (χ1v) is 7.06. The van der Waals surface area contributed by atoms with Crippen molar-refractivity contribution in [2.24, 2.45) is 7.05 Å². The molecule has 0 atom stereocenters. The highest BCUT2D eigenvalue weighted by molar-refractivity contribution is 6.30. The molecule has 0 aliphatic heterocycles. The predicted octanol–water partition coefficient (Wildman–Crippen LogP) is 2.97. The van der Waals surface area contributed by atoms with Gasteiger partial charge in [-0.1, -0.05) is 11.6 Å². The quantitative estimate of drug-likeness (QED) is 0.735. The maximum atomic E-state index is 5.82. The Balaban J connectivity index is 1.65. The molecule has 0 spiro atoms. The topological polar surface area (TPSA) is 30.3 Å². The molecule has 0 bridgehead atoms. The highest BCUT2D eigenvalue weighted by atomic mass is 35.5. The third-order valence-corrected chi connectivity index (χ3v) is 3.35. The van der Waals surface area contributed by atoms with Gasteiger partial charge in [0.2, 0.25) is 0 Å². The van der Waals surface area contributed by atoms with Gasteiger partial charge in [-0.25, -0.2) is 4.98 Å². The first kappa shape index (κ1) is 14.9. The lowest BCUT2D eigenvalue weighted by Gasteiger charge is -2.16. The van der Waals surface area contributed by atoms with E-state index in [1.807, 2.05) is 48.3 Å². The molecule has 0 radical (unpaired) electrons.